The summed E-state index contributed by atoms with van der Waals surface area (Å²) in [6, 6.07) is 8.45. The summed E-state index contributed by atoms with van der Waals surface area (Å²) >= 11 is 0. The first-order valence-corrected chi connectivity index (χ1v) is 9.71. The van der Waals surface area contributed by atoms with Gasteiger partial charge < -0.3 is 24.8 Å². The molecule has 10 heteroatoms. The lowest BCUT2D eigenvalue weighted by Crippen LogP contribution is -2.36. The maximum atomic E-state index is 12.7. The third kappa shape index (κ3) is 8.35. The van der Waals surface area contributed by atoms with Crippen molar-refractivity contribution in [3.05, 3.63) is 47.7 Å². The summed E-state index contributed by atoms with van der Waals surface area (Å²) in [5.41, 5.74) is 1.51. The van der Waals surface area contributed by atoms with Gasteiger partial charge >= 0.3 is 6.61 Å². The SMILES string of the molecule is CN=C(NCc1ccnc(OCC2CC2)c1)NCc1cc(OC)ccc1OC(F)F.I. The predicted molar refractivity (Wildman–Crippen MR) is 125 cm³/mol. The number of ether oxygens (including phenoxy) is 3. The molecule has 1 aromatic carbocycles. The van der Waals surface area contributed by atoms with Gasteiger partial charge in [0.25, 0.3) is 0 Å². The number of benzene rings is 1. The first-order chi connectivity index (χ1) is 14.6. The summed E-state index contributed by atoms with van der Waals surface area (Å²) in [7, 11) is 3.15. The molecule has 0 aliphatic heterocycles. The van der Waals surface area contributed by atoms with E-state index in [-0.39, 0.29) is 36.3 Å². The Hall–Kier alpha value is -2.37. The van der Waals surface area contributed by atoms with Gasteiger partial charge in [0.05, 0.1) is 13.7 Å². The van der Waals surface area contributed by atoms with Gasteiger partial charge in [-0.25, -0.2) is 4.98 Å². The first-order valence-electron chi connectivity index (χ1n) is 9.71. The number of nitrogens with one attached hydrogen (secondary N) is 2. The Kier molecular flexibility index (Phi) is 10.0. The molecule has 1 fully saturated rings. The molecule has 7 nitrogen and oxygen atoms in total. The monoisotopic (exact) mass is 548 g/mol. The molecule has 0 amide bonds. The van der Waals surface area contributed by atoms with Crippen molar-refractivity contribution in [2.75, 3.05) is 20.8 Å². The van der Waals surface area contributed by atoms with Crippen molar-refractivity contribution in [2.24, 2.45) is 10.9 Å². The number of rotatable bonds is 10. The van der Waals surface area contributed by atoms with Gasteiger partial charge in [0.1, 0.15) is 11.5 Å². The van der Waals surface area contributed by atoms with Gasteiger partial charge in [0.2, 0.25) is 5.88 Å². The summed E-state index contributed by atoms with van der Waals surface area (Å²) in [4.78, 5) is 8.40. The molecule has 170 valence electrons. The quantitative estimate of drug-likeness (QED) is 0.266. The number of methoxy groups -OCH3 is 1. The Balaban J connectivity index is 0.00000341. The average molecular weight is 548 g/mol. The summed E-state index contributed by atoms with van der Waals surface area (Å²) < 4.78 is 40.8. The predicted octanol–water partition coefficient (Wildman–Crippen LogP) is 3.96. The number of aromatic nitrogens is 1. The molecule has 2 N–H and O–H groups in total. The molecule has 0 bridgehead atoms. The summed E-state index contributed by atoms with van der Waals surface area (Å²) in [6.07, 6.45) is 4.15. The minimum absolute atomic E-state index is 0. The smallest absolute Gasteiger partial charge is 0.387 e. The van der Waals surface area contributed by atoms with Crippen molar-refractivity contribution in [3.8, 4) is 17.4 Å². The molecular formula is C21H27F2IN4O3. The van der Waals surface area contributed by atoms with E-state index in [0.717, 1.165) is 5.56 Å². The van der Waals surface area contributed by atoms with Crippen LogP contribution in [0.2, 0.25) is 0 Å². The number of halogens is 3. The number of hydrogen-bond acceptors (Lipinski definition) is 5. The number of alkyl halides is 2. The fourth-order valence-corrected chi connectivity index (χ4v) is 2.74. The van der Waals surface area contributed by atoms with Crippen molar-refractivity contribution < 1.29 is 23.0 Å². The van der Waals surface area contributed by atoms with E-state index in [0.29, 0.717) is 42.2 Å². The molecule has 0 radical (unpaired) electrons. The third-order valence-electron chi connectivity index (χ3n) is 4.58. The van der Waals surface area contributed by atoms with Gasteiger partial charge in [-0.05, 0) is 48.6 Å². The highest BCUT2D eigenvalue weighted by Gasteiger charge is 2.22. The standard InChI is InChI=1S/C21H26F2N4O3.HI/c1-24-21(26-11-15-7-8-25-19(9-15)29-13-14-3-4-14)27-12-16-10-17(28-2)5-6-18(16)30-20(22)23;/h5-10,14,20H,3-4,11-13H2,1-2H3,(H2,24,26,27);1H. The van der Waals surface area contributed by atoms with E-state index < -0.39 is 6.61 Å². The van der Waals surface area contributed by atoms with Crippen LogP contribution >= 0.6 is 24.0 Å². The van der Waals surface area contributed by atoms with Gasteiger partial charge in [-0.15, -0.1) is 24.0 Å². The van der Waals surface area contributed by atoms with Crippen LogP contribution < -0.4 is 24.8 Å². The van der Waals surface area contributed by atoms with Crippen molar-refractivity contribution in [1.29, 1.82) is 0 Å². The highest BCUT2D eigenvalue weighted by Crippen LogP contribution is 2.29. The zero-order valence-electron chi connectivity index (χ0n) is 17.4. The molecule has 1 aromatic heterocycles. The lowest BCUT2D eigenvalue weighted by Gasteiger charge is -2.15. The van der Waals surface area contributed by atoms with Gasteiger partial charge in [-0.3, -0.25) is 4.99 Å². The maximum absolute atomic E-state index is 12.7. The maximum Gasteiger partial charge on any atom is 0.387 e. The molecule has 0 saturated heterocycles. The summed E-state index contributed by atoms with van der Waals surface area (Å²) in [5.74, 6) is 2.41. The van der Waals surface area contributed by atoms with Gasteiger partial charge in [-0.2, -0.15) is 8.78 Å². The van der Waals surface area contributed by atoms with Crippen LogP contribution in [0, 0.1) is 5.92 Å². The second kappa shape index (κ2) is 12.5. The van der Waals surface area contributed by atoms with Crippen LogP contribution in [0.5, 0.6) is 17.4 Å². The minimum atomic E-state index is -2.90. The number of pyridine rings is 1. The molecule has 0 spiro atoms. The van der Waals surface area contributed by atoms with Crippen LogP contribution in [0.1, 0.15) is 24.0 Å². The Bertz CT molecular complexity index is 866. The van der Waals surface area contributed by atoms with Crippen LogP contribution in [0.15, 0.2) is 41.5 Å². The molecule has 2 aromatic rings. The lowest BCUT2D eigenvalue weighted by atomic mass is 10.2. The van der Waals surface area contributed by atoms with E-state index in [2.05, 4.69) is 25.3 Å². The topological polar surface area (TPSA) is 77.0 Å². The normalized spacial score (nSPS) is 13.4. The van der Waals surface area contributed by atoms with Crippen molar-refractivity contribution in [3.63, 3.8) is 0 Å². The van der Waals surface area contributed by atoms with E-state index >= 15 is 0 Å². The highest BCUT2D eigenvalue weighted by molar-refractivity contribution is 14.0. The molecule has 0 atom stereocenters. The van der Waals surface area contributed by atoms with Crippen LogP contribution in [-0.2, 0) is 13.1 Å². The zero-order chi connectivity index (χ0) is 21.3. The second-order valence-electron chi connectivity index (χ2n) is 6.89. The number of hydrogen-bond donors (Lipinski definition) is 2. The lowest BCUT2D eigenvalue weighted by molar-refractivity contribution is -0.0505. The molecule has 1 aliphatic carbocycles. The van der Waals surface area contributed by atoms with E-state index in [1.807, 2.05) is 12.1 Å². The Morgan fingerprint density at radius 1 is 1.19 bits per heavy atom. The largest absolute Gasteiger partial charge is 0.497 e. The molecule has 3 rings (SSSR count). The fraction of sp³-hybridized carbons (Fsp3) is 0.429. The molecule has 0 unspecified atom stereocenters. The van der Waals surface area contributed by atoms with Crippen molar-refractivity contribution in [2.45, 2.75) is 32.5 Å². The van der Waals surface area contributed by atoms with E-state index in [1.54, 1.807) is 25.4 Å². The molecule has 1 saturated carbocycles. The fourth-order valence-electron chi connectivity index (χ4n) is 2.74. The second-order valence-corrected chi connectivity index (χ2v) is 6.89. The van der Waals surface area contributed by atoms with E-state index in [1.165, 1.54) is 26.0 Å². The van der Waals surface area contributed by atoms with Crippen LogP contribution in [0.25, 0.3) is 0 Å². The van der Waals surface area contributed by atoms with Gasteiger partial charge in [0.15, 0.2) is 5.96 Å². The molecule has 1 heterocycles. The van der Waals surface area contributed by atoms with Gasteiger partial charge in [-0.1, -0.05) is 0 Å². The van der Waals surface area contributed by atoms with E-state index in [4.69, 9.17) is 9.47 Å². The average Bonchev–Trinajstić information content (AvgIpc) is 3.58. The number of nitrogens with zero attached hydrogens (tertiary/aromatic N) is 2. The first kappa shape index (κ1) is 24.9. The van der Waals surface area contributed by atoms with Crippen molar-refractivity contribution in [1.82, 2.24) is 15.6 Å². The highest BCUT2D eigenvalue weighted by atomic mass is 127. The summed E-state index contributed by atoms with van der Waals surface area (Å²) in [6.45, 7) is -1.47. The van der Waals surface area contributed by atoms with Crippen LogP contribution in [-0.4, -0.2) is 38.3 Å². The third-order valence-corrected chi connectivity index (χ3v) is 4.58. The Morgan fingerprint density at radius 2 is 1.97 bits per heavy atom. The number of guanidine groups is 1. The molecular weight excluding hydrogens is 521 g/mol. The molecule has 31 heavy (non-hydrogen) atoms. The van der Waals surface area contributed by atoms with E-state index in [9.17, 15) is 8.78 Å². The Morgan fingerprint density at radius 3 is 2.65 bits per heavy atom. The van der Waals surface area contributed by atoms with Gasteiger partial charge in [0, 0.05) is 38.0 Å². The number of aliphatic imine (C=N–C) groups is 1. The molecule has 1 aliphatic rings. The van der Waals surface area contributed by atoms with Crippen LogP contribution in [0.4, 0.5) is 8.78 Å². The van der Waals surface area contributed by atoms with Crippen molar-refractivity contribution >= 4 is 29.9 Å². The Labute approximate surface area is 197 Å². The zero-order valence-corrected chi connectivity index (χ0v) is 19.8. The summed E-state index contributed by atoms with van der Waals surface area (Å²) in [5, 5.41) is 6.28. The minimum Gasteiger partial charge on any atom is -0.497 e. The van der Waals surface area contributed by atoms with Crippen LogP contribution in [0.3, 0.4) is 0 Å².